The molecule has 0 spiro atoms. The molecule has 6 atom stereocenters. The van der Waals surface area contributed by atoms with E-state index in [4.69, 9.17) is 14.2 Å². The number of rotatable bonds is 5. The van der Waals surface area contributed by atoms with E-state index < -0.39 is 0 Å². The lowest BCUT2D eigenvalue weighted by molar-refractivity contribution is -0.111. The average Bonchev–Trinajstić information content (AvgIpc) is 3.32. The predicted molar refractivity (Wildman–Crippen MR) is 102 cm³/mol. The van der Waals surface area contributed by atoms with Crippen molar-refractivity contribution in [3.63, 3.8) is 0 Å². The van der Waals surface area contributed by atoms with Gasteiger partial charge in [0, 0.05) is 18.9 Å². The van der Waals surface area contributed by atoms with Gasteiger partial charge in [0.1, 0.15) is 0 Å². The fourth-order valence-corrected chi connectivity index (χ4v) is 7.56. The first kappa shape index (κ1) is 17.3. The Morgan fingerprint density at radius 1 is 1.19 bits per heavy atom. The van der Waals surface area contributed by atoms with Crippen LogP contribution in [-0.2, 0) is 14.2 Å². The predicted octanol–water partition coefficient (Wildman–Crippen LogP) is 4.88. The highest BCUT2D eigenvalue weighted by atomic mass is 16.5. The van der Waals surface area contributed by atoms with Crippen LogP contribution >= 0.6 is 0 Å². The summed E-state index contributed by atoms with van der Waals surface area (Å²) in [5.41, 5.74) is 4.08. The van der Waals surface area contributed by atoms with Crippen LogP contribution in [0, 0.1) is 29.1 Å². The maximum absolute atomic E-state index is 6.53. The number of fused-ring (bicyclic) bond motifs is 6. The highest BCUT2D eigenvalue weighted by Crippen LogP contribution is 2.75. The van der Waals surface area contributed by atoms with Gasteiger partial charge in [-0.05, 0) is 74.7 Å². The Labute approximate surface area is 158 Å². The molecule has 0 unspecified atom stereocenters. The van der Waals surface area contributed by atoms with Crippen LogP contribution in [0.15, 0.2) is 23.0 Å². The van der Waals surface area contributed by atoms with Crippen LogP contribution in [0.4, 0.5) is 0 Å². The number of hydrogen-bond donors (Lipinski definition) is 0. The van der Waals surface area contributed by atoms with Crippen molar-refractivity contribution < 1.29 is 14.2 Å². The minimum atomic E-state index is 0.186. The van der Waals surface area contributed by atoms with E-state index in [0.717, 1.165) is 49.7 Å². The van der Waals surface area contributed by atoms with Gasteiger partial charge >= 0.3 is 0 Å². The van der Waals surface area contributed by atoms with E-state index in [0.29, 0.717) is 5.41 Å². The zero-order valence-electron chi connectivity index (χ0n) is 16.7. The summed E-state index contributed by atoms with van der Waals surface area (Å²) in [6, 6.07) is 0. The van der Waals surface area contributed by atoms with Crippen LogP contribution in [0.5, 0.6) is 0 Å². The van der Waals surface area contributed by atoms with E-state index in [1.165, 1.54) is 44.3 Å². The molecule has 3 saturated carbocycles. The first-order valence-electron chi connectivity index (χ1n) is 10.7. The third kappa shape index (κ3) is 2.26. The van der Waals surface area contributed by atoms with Gasteiger partial charge in [0.05, 0.1) is 31.7 Å². The van der Waals surface area contributed by atoms with Crippen molar-refractivity contribution >= 4 is 0 Å². The van der Waals surface area contributed by atoms with Gasteiger partial charge in [0.15, 0.2) is 0 Å². The molecule has 144 valence electrons. The largest absolute Gasteiger partial charge is 0.501 e. The fraction of sp³-hybridized carbons (Fsp3) is 0.826. The van der Waals surface area contributed by atoms with Crippen molar-refractivity contribution in [2.24, 2.45) is 29.1 Å². The first-order valence-corrected chi connectivity index (χ1v) is 10.7. The number of allylic oxidation sites excluding steroid dienone is 3. The summed E-state index contributed by atoms with van der Waals surface area (Å²) < 4.78 is 17.3. The van der Waals surface area contributed by atoms with Gasteiger partial charge in [0.25, 0.3) is 0 Å². The average molecular weight is 359 g/mol. The van der Waals surface area contributed by atoms with E-state index in [-0.39, 0.29) is 5.60 Å². The van der Waals surface area contributed by atoms with E-state index in [9.17, 15) is 0 Å². The molecule has 0 N–H and O–H groups in total. The molecular weight excluding hydrogens is 324 g/mol. The van der Waals surface area contributed by atoms with Crippen LogP contribution in [0.2, 0.25) is 0 Å². The summed E-state index contributed by atoms with van der Waals surface area (Å²) in [7, 11) is 3.60. The van der Waals surface area contributed by atoms with Crippen LogP contribution in [0.3, 0.4) is 0 Å². The molecule has 5 aliphatic carbocycles. The lowest BCUT2D eigenvalue weighted by atomic mass is 9.53. The molecule has 0 aromatic carbocycles. The van der Waals surface area contributed by atoms with E-state index in [1.54, 1.807) is 18.3 Å². The summed E-state index contributed by atoms with van der Waals surface area (Å²) in [6.07, 6.45) is 12.7. The van der Waals surface area contributed by atoms with Crippen molar-refractivity contribution in [2.75, 3.05) is 27.4 Å². The molecule has 0 aromatic heterocycles. The normalized spacial score (nSPS) is 46.0. The maximum Gasteiger partial charge on any atom is 0.0959 e. The molecule has 0 bridgehead atoms. The topological polar surface area (TPSA) is 27.7 Å². The number of hydrogen-bond acceptors (Lipinski definition) is 3. The van der Waals surface area contributed by atoms with E-state index in [2.05, 4.69) is 13.0 Å². The summed E-state index contributed by atoms with van der Waals surface area (Å²) in [5.74, 6) is 4.59. The molecule has 5 aliphatic rings. The molecule has 0 saturated heterocycles. The second-order valence-electron chi connectivity index (χ2n) is 9.62. The SMILES string of the molecule is COCCO[C@@]12C[C@@H]1C[C@H]1[C@@H]3CCC4=C(CC=C(OC)C4)[C@H]3CC[C@@]12C. The molecule has 3 fully saturated rings. The van der Waals surface area contributed by atoms with Gasteiger partial charge in [-0.1, -0.05) is 18.1 Å². The Kier molecular flexibility index (Phi) is 4.06. The van der Waals surface area contributed by atoms with Crippen molar-refractivity contribution in [3.05, 3.63) is 23.0 Å². The lowest BCUT2D eigenvalue weighted by Crippen LogP contribution is -2.49. The Hall–Kier alpha value is -0.800. The van der Waals surface area contributed by atoms with E-state index in [1.807, 2.05) is 7.11 Å². The molecule has 3 nitrogen and oxygen atoms in total. The van der Waals surface area contributed by atoms with Crippen LogP contribution in [0.25, 0.3) is 0 Å². The highest BCUT2D eigenvalue weighted by molar-refractivity contribution is 5.34. The van der Waals surface area contributed by atoms with Crippen molar-refractivity contribution in [1.82, 2.24) is 0 Å². The molecule has 26 heavy (non-hydrogen) atoms. The molecule has 0 aliphatic heterocycles. The van der Waals surface area contributed by atoms with Crippen molar-refractivity contribution in [1.29, 1.82) is 0 Å². The third-order valence-corrected chi connectivity index (χ3v) is 8.91. The van der Waals surface area contributed by atoms with Gasteiger partial charge in [-0.2, -0.15) is 0 Å². The zero-order chi connectivity index (χ0) is 17.9. The summed E-state index contributed by atoms with van der Waals surface area (Å²) in [6.45, 7) is 4.07. The smallest absolute Gasteiger partial charge is 0.0959 e. The summed E-state index contributed by atoms with van der Waals surface area (Å²) in [4.78, 5) is 0. The third-order valence-electron chi connectivity index (χ3n) is 8.91. The molecule has 0 heterocycles. The standard InChI is InChI=1S/C23H34O3/c1-22-9-8-19-18-7-5-17(25-3)12-15(18)4-6-20(19)21(22)13-16-14-23(16,22)26-11-10-24-2/h5,16,19-21H,4,6-14H2,1-3H3/t16-,19+,20+,21-,22-,23-/m0/s1. The van der Waals surface area contributed by atoms with Crippen LogP contribution < -0.4 is 0 Å². The second kappa shape index (κ2) is 6.10. The maximum atomic E-state index is 6.53. The summed E-state index contributed by atoms with van der Waals surface area (Å²) in [5, 5.41) is 0. The quantitative estimate of drug-likeness (QED) is 0.518. The van der Waals surface area contributed by atoms with Crippen LogP contribution in [-0.4, -0.2) is 33.0 Å². The number of ether oxygens (including phenoxy) is 3. The van der Waals surface area contributed by atoms with Crippen molar-refractivity contribution in [3.8, 4) is 0 Å². The number of methoxy groups -OCH3 is 2. The first-order chi connectivity index (χ1) is 12.6. The van der Waals surface area contributed by atoms with Gasteiger partial charge in [-0.3, -0.25) is 0 Å². The Morgan fingerprint density at radius 2 is 2.08 bits per heavy atom. The van der Waals surface area contributed by atoms with Gasteiger partial charge in [-0.25, -0.2) is 0 Å². The molecule has 0 amide bonds. The second-order valence-corrected chi connectivity index (χ2v) is 9.62. The molecule has 0 radical (unpaired) electrons. The Morgan fingerprint density at radius 3 is 2.88 bits per heavy atom. The minimum absolute atomic E-state index is 0.186. The van der Waals surface area contributed by atoms with Gasteiger partial charge in [0.2, 0.25) is 0 Å². The van der Waals surface area contributed by atoms with Gasteiger partial charge in [-0.15, -0.1) is 0 Å². The molecule has 0 aromatic rings. The van der Waals surface area contributed by atoms with E-state index >= 15 is 0 Å². The summed E-state index contributed by atoms with van der Waals surface area (Å²) >= 11 is 0. The molecule has 5 rings (SSSR count). The minimum Gasteiger partial charge on any atom is -0.501 e. The Bertz CT molecular complexity index is 650. The zero-order valence-corrected chi connectivity index (χ0v) is 16.7. The highest BCUT2D eigenvalue weighted by Gasteiger charge is 2.75. The van der Waals surface area contributed by atoms with Crippen molar-refractivity contribution in [2.45, 2.75) is 63.9 Å². The lowest BCUT2D eigenvalue weighted by Gasteiger charge is -2.53. The fourth-order valence-electron chi connectivity index (χ4n) is 7.56. The van der Waals surface area contributed by atoms with Crippen LogP contribution in [0.1, 0.15) is 58.3 Å². The van der Waals surface area contributed by atoms with Gasteiger partial charge < -0.3 is 14.2 Å². The monoisotopic (exact) mass is 358 g/mol. The Balaban J connectivity index is 1.36. The molecule has 3 heteroatoms. The molecular formula is C23H34O3.